The molecule has 2 saturated carbocycles. The van der Waals surface area contributed by atoms with Crippen molar-refractivity contribution in [1.29, 1.82) is 0 Å². The molecule has 2 fully saturated rings. The van der Waals surface area contributed by atoms with Gasteiger partial charge in [-0.3, -0.25) is 0 Å². The SMILES string of the molecule is CC1(C)[C@@]2(C)N=N[C@]1(C)[C@H]1[C@@H]2[C@@H]2C=C[C@H]1C2. The van der Waals surface area contributed by atoms with Crippen LogP contribution in [0.25, 0.3) is 0 Å². The van der Waals surface area contributed by atoms with Crippen LogP contribution < -0.4 is 0 Å². The first-order valence-corrected chi connectivity index (χ1v) is 6.54. The summed E-state index contributed by atoms with van der Waals surface area (Å²) in [5.41, 5.74) is 0.380. The van der Waals surface area contributed by atoms with Crippen molar-refractivity contribution in [3.63, 3.8) is 0 Å². The molecule has 0 saturated heterocycles. The quantitative estimate of drug-likeness (QED) is 0.438. The van der Waals surface area contributed by atoms with E-state index in [4.69, 9.17) is 10.2 Å². The molecule has 0 amide bonds. The van der Waals surface area contributed by atoms with Gasteiger partial charge in [-0.2, -0.15) is 10.2 Å². The summed E-state index contributed by atoms with van der Waals surface area (Å²) in [6, 6.07) is 0. The number of hydrogen-bond donors (Lipinski definition) is 0. The number of allylic oxidation sites excluding steroid dienone is 2. The first-order valence-electron chi connectivity index (χ1n) is 6.54. The Morgan fingerprint density at radius 1 is 0.875 bits per heavy atom. The first kappa shape index (κ1) is 9.38. The van der Waals surface area contributed by atoms with Crippen LogP contribution >= 0.6 is 0 Å². The molecule has 4 bridgehead atoms. The van der Waals surface area contributed by atoms with E-state index in [2.05, 4.69) is 39.8 Å². The zero-order valence-corrected chi connectivity index (χ0v) is 10.6. The van der Waals surface area contributed by atoms with Crippen molar-refractivity contribution in [3.05, 3.63) is 12.2 Å². The summed E-state index contributed by atoms with van der Waals surface area (Å²) >= 11 is 0. The Morgan fingerprint density at radius 3 is 1.75 bits per heavy atom. The van der Waals surface area contributed by atoms with Crippen LogP contribution in [0.5, 0.6) is 0 Å². The summed E-state index contributed by atoms with van der Waals surface area (Å²) in [5, 5.41) is 9.43. The van der Waals surface area contributed by atoms with E-state index in [0.29, 0.717) is 0 Å². The van der Waals surface area contributed by atoms with Gasteiger partial charge in [-0.25, -0.2) is 0 Å². The number of nitrogens with zero attached hydrogens (tertiary/aromatic N) is 2. The summed E-state index contributed by atoms with van der Waals surface area (Å²) in [4.78, 5) is 0. The largest absolute Gasteiger partial charge is 0.186 e. The molecule has 1 heterocycles. The number of azo groups is 1. The van der Waals surface area contributed by atoms with Gasteiger partial charge in [-0.15, -0.1) is 0 Å². The fraction of sp³-hybridized carbons (Fsp3) is 0.857. The van der Waals surface area contributed by atoms with Gasteiger partial charge in [-0.1, -0.05) is 26.0 Å². The summed E-state index contributed by atoms with van der Waals surface area (Å²) < 4.78 is 0. The Morgan fingerprint density at radius 2 is 1.31 bits per heavy atom. The molecule has 0 spiro atoms. The van der Waals surface area contributed by atoms with Crippen LogP contribution in [-0.4, -0.2) is 11.1 Å². The molecule has 4 rings (SSSR count). The topological polar surface area (TPSA) is 24.7 Å². The molecule has 0 unspecified atom stereocenters. The minimum absolute atomic E-state index is 0.0800. The first-order chi connectivity index (χ1) is 7.42. The molecule has 4 aliphatic rings. The summed E-state index contributed by atoms with van der Waals surface area (Å²) in [6.45, 7) is 9.46. The van der Waals surface area contributed by atoms with Gasteiger partial charge in [0.05, 0.1) is 11.1 Å². The fourth-order valence-electron chi connectivity index (χ4n) is 5.29. The molecule has 16 heavy (non-hydrogen) atoms. The Hall–Kier alpha value is -0.660. The number of rotatable bonds is 0. The van der Waals surface area contributed by atoms with Gasteiger partial charge >= 0.3 is 0 Å². The van der Waals surface area contributed by atoms with Gasteiger partial charge in [0, 0.05) is 5.41 Å². The Labute approximate surface area is 97.2 Å². The van der Waals surface area contributed by atoms with Crippen molar-refractivity contribution in [1.82, 2.24) is 0 Å². The predicted octanol–water partition coefficient (Wildman–Crippen LogP) is 3.45. The van der Waals surface area contributed by atoms with E-state index in [1.807, 2.05) is 0 Å². The van der Waals surface area contributed by atoms with Crippen molar-refractivity contribution in [3.8, 4) is 0 Å². The number of fused-ring (bicyclic) bond motifs is 9. The van der Waals surface area contributed by atoms with Crippen LogP contribution in [0, 0.1) is 29.1 Å². The maximum Gasteiger partial charge on any atom is 0.0899 e. The lowest BCUT2D eigenvalue weighted by Crippen LogP contribution is -2.45. The lowest BCUT2D eigenvalue weighted by Gasteiger charge is -2.38. The zero-order chi connectivity index (χ0) is 11.3. The van der Waals surface area contributed by atoms with E-state index >= 15 is 0 Å². The summed E-state index contributed by atoms with van der Waals surface area (Å²) in [7, 11) is 0. The van der Waals surface area contributed by atoms with E-state index in [9.17, 15) is 0 Å². The number of hydrogen-bond acceptors (Lipinski definition) is 2. The van der Waals surface area contributed by atoms with Crippen molar-refractivity contribution in [2.45, 2.75) is 45.2 Å². The van der Waals surface area contributed by atoms with Gasteiger partial charge in [0.15, 0.2) is 0 Å². The standard InChI is InChI=1S/C14H20N2/c1-12(2)13(3)10-8-5-6-9(7-8)11(10)14(12,4)16-15-13/h5-6,8-11H,7H2,1-4H3/t8-,9+,10+,11-,13+,14-. The van der Waals surface area contributed by atoms with Crippen LogP contribution in [-0.2, 0) is 0 Å². The highest BCUT2D eigenvalue weighted by molar-refractivity contribution is 5.34. The highest BCUT2D eigenvalue weighted by Gasteiger charge is 2.77. The molecule has 1 aliphatic heterocycles. The average Bonchev–Trinajstić information content (AvgIpc) is 2.89. The van der Waals surface area contributed by atoms with Crippen molar-refractivity contribution >= 4 is 0 Å². The summed E-state index contributed by atoms with van der Waals surface area (Å²) in [5.74, 6) is 3.06. The molecule has 3 aliphatic carbocycles. The van der Waals surface area contributed by atoms with Crippen LogP contribution in [0.1, 0.15) is 34.1 Å². The average molecular weight is 216 g/mol. The van der Waals surface area contributed by atoms with Crippen molar-refractivity contribution < 1.29 is 0 Å². The fourth-order valence-corrected chi connectivity index (χ4v) is 5.29. The summed E-state index contributed by atoms with van der Waals surface area (Å²) in [6.07, 6.45) is 6.26. The molecule has 0 radical (unpaired) electrons. The van der Waals surface area contributed by atoms with E-state index in [1.54, 1.807) is 0 Å². The molecule has 2 heteroatoms. The van der Waals surface area contributed by atoms with Gasteiger partial charge < -0.3 is 0 Å². The van der Waals surface area contributed by atoms with Gasteiger partial charge in [0.2, 0.25) is 0 Å². The minimum atomic E-state index is 0.0800. The molecule has 6 atom stereocenters. The molecule has 0 N–H and O–H groups in total. The Kier molecular flexibility index (Phi) is 1.27. The zero-order valence-electron chi connectivity index (χ0n) is 10.6. The lowest BCUT2D eigenvalue weighted by molar-refractivity contribution is 0.157. The molecule has 0 aromatic rings. The third-order valence-electron chi connectivity index (χ3n) is 6.75. The highest BCUT2D eigenvalue weighted by atomic mass is 15.3. The van der Waals surface area contributed by atoms with E-state index in [1.165, 1.54) is 6.42 Å². The molecule has 0 aromatic carbocycles. The van der Waals surface area contributed by atoms with E-state index in [-0.39, 0.29) is 16.5 Å². The smallest absolute Gasteiger partial charge is 0.0899 e. The van der Waals surface area contributed by atoms with E-state index < -0.39 is 0 Å². The third-order valence-corrected chi connectivity index (χ3v) is 6.75. The predicted molar refractivity (Wildman–Crippen MR) is 63.2 cm³/mol. The normalized spacial score (nSPS) is 63.2. The second-order valence-corrected chi connectivity index (χ2v) is 7.12. The van der Waals surface area contributed by atoms with Crippen molar-refractivity contribution in [2.75, 3.05) is 0 Å². The van der Waals surface area contributed by atoms with Crippen LogP contribution in [0.4, 0.5) is 0 Å². The maximum absolute atomic E-state index is 4.71. The van der Waals surface area contributed by atoms with Crippen LogP contribution in [0.2, 0.25) is 0 Å². The monoisotopic (exact) mass is 216 g/mol. The lowest BCUT2D eigenvalue weighted by atomic mass is 9.66. The molecular formula is C14H20N2. The maximum atomic E-state index is 4.71. The highest BCUT2D eigenvalue weighted by Crippen LogP contribution is 2.74. The van der Waals surface area contributed by atoms with Gasteiger partial charge in [0.25, 0.3) is 0 Å². The minimum Gasteiger partial charge on any atom is -0.186 e. The second-order valence-electron chi connectivity index (χ2n) is 7.12. The molecule has 2 nitrogen and oxygen atoms in total. The van der Waals surface area contributed by atoms with Crippen LogP contribution in [0.3, 0.4) is 0 Å². The molecular weight excluding hydrogens is 196 g/mol. The Balaban J connectivity index is 1.97. The van der Waals surface area contributed by atoms with Gasteiger partial charge in [-0.05, 0) is 43.9 Å². The molecule has 86 valence electrons. The Bertz CT molecular complexity index is 400. The third kappa shape index (κ3) is 0.618. The van der Waals surface area contributed by atoms with E-state index in [0.717, 1.165) is 23.7 Å². The molecule has 0 aromatic heterocycles. The second kappa shape index (κ2) is 2.16. The van der Waals surface area contributed by atoms with Crippen LogP contribution in [0.15, 0.2) is 22.4 Å². The van der Waals surface area contributed by atoms with Gasteiger partial charge in [0.1, 0.15) is 0 Å². The van der Waals surface area contributed by atoms with Crippen molar-refractivity contribution in [2.24, 2.45) is 39.3 Å².